The summed E-state index contributed by atoms with van der Waals surface area (Å²) >= 11 is 0. The van der Waals surface area contributed by atoms with Crippen LogP contribution in [0.4, 0.5) is 11.5 Å². The van der Waals surface area contributed by atoms with Gasteiger partial charge in [-0.15, -0.1) is 0 Å². The third kappa shape index (κ3) is 3.65. The van der Waals surface area contributed by atoms with Gasteiger partial charge in [0.2, 0.25) is 0 Å². The maximum atomic E-state index is 12.9. The van der Waals surface area contributed by atoms with Crippen LogP contribution in [0.1, 0.15) is 16.9 Å². The summed E-state index contributed by atoms with van der Waals surface area (Å²) in [5.41, 5.74) is 7.90. The summed E-state index contributed by atoms with van der Waals surface area (Å²) in [6, 6.07) is 15.0. The van der Waals surface area contributed by atoms with Crippen molar-refractivity contribution in [3.63, 3.8) is 0 Å². The number of nitrogens with one attached hydrogen (secondary N) is 2. The van der Waals surface area contributed by atoms with Gasteiger partial charge in [-0.3, -0.25) is 4.79 Å². The molecule has 8 nitrogen and oxygen atoms in total. The first-order valence-corrected chi connectivity index (χ1v) is 9.82. The molecular formula is C22H21N5O3. The molecule has 2 aliphatic heterocycles. The highest BCUT2D eigenvalue weighted by Crippen LogP contribution is 2.28. The number of nitrogen functional groups attached to an aromatic ring is 1. The molecule has 4 N–H and O–H groups in total. The Morgan fingerprint density at radius 2 is 2.03 bits per heavy atom. The van der Waals surface area contributed by atoms with Gasteiger partial charge in [-0.1, -0.05) is 24.3 Å². The van der Waals surface area contributed by atoms with Gasteiger partial charge in [0.05, 0.1) is 17.6 Å². The first-order chi connectivity index (χ1) is 14.7. The zero-order chi connectivity index (χ0) is 20.5. The highest BCUT2D eigenvalue weighted by atomic mass is 16.5. The SMILES string of the molecule is Nc1ncc2nc1C(=O)Nc1ccccc1OC[C@@H]1C[C@@H](CN1)Oc1cccc-2c1. The Hall–Kier alpha value is -3.65. The number of hydrogen-bond acceptors (Lipinski definition) is 7. The van der Waals surface area contributed by atoms with Crippen LogP contribution in [0, 0.1) is 0 Å². The summed E-state index contributed by atoms with van der Waals surface area (Å²) in [7, 11) is 0. The largest absolute Gasteiger partial charge is 0.490 e. The Kier molecular flexibility index (Phi) is 4.68. The number of benzene rings is 2. The minimum Gasteiger partial charge on any atom is -0.490 e. The molecule has 0 spiro atoms. The second-order valence-corrected chi connectivity index (χ2v) is 7.36. The van der Waals surface area contributed by atoms with Gasteiger partial charge in [-0.2, -0.15) is 0 Å². The number of amides is 1. The second-order valence-electron chi connectivity index (χ2n) is 7.36. The molecule has 6 bridgehead atoms. The molecule has 0 radical (unpaired) electrons. The van der Waals surface area contributed by atoms with Crippen LogP contribution in [-0.2, 0) is 0 Å². The Morgan fingerprint density at radius 1 is 1.13 bits per heavy atom. The average molecular weight is 403 g/mol. The highest BCUT2D eigenvalue weighted by Gasteiger charge is 2.27. The Labute approximate surface area is 173 Å². The number of rotatable bonds is 0. The van der Waals surface area contributed by atoms with E-state index in [-0.39, 0.29) is 23.7 Å². The fourth-order valence-corrected chi connectivity index (χ4v) is 3.69. The molecule has 3 heterocycles. The first kappa shape index (κ1) is 18.4. The smallest absolute Gasteiger partial charge is 0.278 e. The lowest BCUT2D eigenvalue weighted by molar-refractivity contribution is 0.102. The summed E-state index contributed by atoms with van der Waals surface area (Å²) in [6.07, 6.45) is 2.42. The molecule has 1 amide bonds. The van der Waals surface area contributed by atoms with Crippen molar-refractivity contribution in [3.05, 3.63) is 60.4 Å². The van der Waals surface area contributed by atoms with E-state index in [2.05, 4.69) is 20.6 Å². The molecule has 0 unspecified atom stereocenters. The maximum absolute atomic E-state index is 12.9. The van der Waals surface area contributed by atoms with Gasteiger partial charge in [0.15, 0.2) is 11.5 Å². The zero-order valence-corrected chi connectivity index (χ0v) is 16.2. The van der Waals surface area contributed by atoms with Gasteiger partial charge in [0.1, 0.15) is 24.2 Å². The molecule has 30 heavy (non-hydrogen) atoms. The fourth-order valence-electron chi connectivity index (χ4n) is 3.69. The van der Waals surface area contributed by atoms with Gasteiger partial charge in [0, 0.05) is 24.6 Å². The molecule has 2 aromatic carbocycles. The molecule has 8 heteroatoms. The standard InChI is InChI=1S/C22H21N5O3/c23-21-20-22(28)27-17-6-1-2-7-19(17)29-12-14-9-16(10-24-14)30-15-5-3-4-13(8-15)18(26-20)11-25-21/h1-8,11,14,16,24H,9-10,12H2,(H2,23,25)(H,27,28)/t14-,16-/m0/s1. The van der Waals surface area contributed by atoms with Gasteiger partial charge < -0.3 is 25.8 Å². The van der Waals surface area contributed by atoms with E-state index in [1.54, 1.807) is 12.3 Å². The summed E-state index contributed by atoms with van der Waals surface area (Å²) in [4.78, 5) is 21.6. The molecule has 1 saturated heterocycles. The van der Waals surface area contributed by atoms with Crippen LogP contribution in [0.3, 0.4) is 0 Å². The van der Waals surface area contributed by atoms with Gasteiger partial charge in [-0.25, -0.2) is 9.97 Å². The van der Waals surface area contributed by atoms with E-state index in [0.29, 0.717) is 23.7 Å². The summed E-state index contributed by atoms with van der Waals surface area (Å²) in [5.74, 6) is 0.932. The number of carbonyl (C=O) groups excluding carboxylic acids is 1. The quantitative estimate of drug-likeness (QED) is 0.529. The van der Waals surface area contributed by atoms with Crippen molar-refractivity contribution in [2.75, 3.05) is 24.2 Å². The number of para-hydroxylation sites is 2. The van der Waals surface area contributed by atoms with Crippen molar-refractivity contribution < 1.29 is 14.3 Å². The predicted molar refractivity (Wildman–Crippen MR) is 113 cm³/mol. The summed E-state index contributed by atoms with van der Waals surface area (Å²) in [6.45, 7) is 1.20. The van der Waals surface area contributed by atoms with Gasteiger partial charge in [0.25, 0.3) is 5.91 Å². The van der Waals surface area contributed by atoms with Crippen LogP contribution in [0.25, 0.3) is 11.3 Å². The Bertz CT molecular complexity index is 1100. The number of aromatic nitrogens is 2. The molecule has 0 saturated carbocycles. The van der Waals surface area contributed by atoms with Crippen molar-refractivity contribution in [2.24, 2.45) is 0 Å². The van der Waals surface area contributed by atoms with Gasteiger partial charge >= 0.3 is 0 Å². The van der Waals surface area contributed by atoms with E-state index in [1.165, 1.54) is 0 Å². The topological polar surface area (TPSA) is 111 Å². The molecule has 1 fully saturated rings. The van der Waals surface area contributed by atoms with Crippen molar-refractivity contribution in [2.45, 2.75) is 18.6 Å². The minimum atomic E-state index is -0.448. The van der Waals surface area contributed by atoms with Crippen molar-refractivity contribution >= 4 is 17.4 Å². The lowest BCUT2D eigenvalue weighted by Crippen LogP contribution is -2.28. The first-order valence-electron chi connectivity index (χ1n) is 9.82. The minimum absolute atomic E-state index is 0.0461. The molecule has 1 aromatic heterocycles. The van der Waals surface area contributed by atoms with Crippen molar-refractivity contribution in [1.29, 1.82) is 0 Å². The van der Waals surface area contributed by atoms with E-state index in [1.807, 2.05) is 42.5 Å². The van der Waals surface area contributed by atoms with Crippen LogP contribution in [0.5, 0.6) is 11.5 Å². The third-order valence-corrected chi connectivity index (χ3v) is 5.21. The van der Waals surface area contributed by atoms with Crippen molar-refractivity contribution in [3.8, 4) is 22.8 Å². The second kappa shape index (κ2) is 7.64. The summed E-state index contributed by atoms with van der Waals surface area (Å²) < 4.78 is 12.2. The molecule has 5 rings (SSSR count). The highest BCUT2D eigenvalue weighted by molar-refractivity contribution is 6.06. The summed E-state index contributed by atoms with van der Waals surface area (Å²) in [5, 5.41) is 6.29. The van der Waals surface area contributed by atoms with E-state index < -0.39 is 5.91 Å². The van der Waals surface area contributed by atoms with Crippen LogP contribution in [0.15, 0.2) is 54.7 Å². The van der Waals surface area contributed by atoms with Crippen LogP contribution in [-0.4, -0.2) is 41.2 Å². The number of ether oxygens (including phenoxy) is 2. The molecule has 2 atom stereocenters. The molecule has 152 valence electrons. The number of fused-ring (bicyclic) bond motifs is 8. The van der Waals surface area contributed by atoms with E-state index >= 15 is 0 Å². The number of nitrogens with zero attached hydrogens (tertiary/aromatic N) is 2. The van der Waals surface area contributed by atoms with Crippen LogP contribution in [0.2, 0.25) is 0 Å². The molecular weight excluding hydrogens is 382 g/mol. The zero-order valence-electron chi connectivity index (χ0n) is 16.2. The Morgan fingerprint density at radius 3 is 2.97 bits per heavy atom. The van der Waals surface area contributed by atoms with Gasteiger partial charge in [-0.05, 0) is 24.3 Å². The van der Waals surface area contributed by atoms with Crippen LogP contribution >= 0.6 is 0 Å². The molecule has 0 aliphatic carbocycles. The van der Waals surface area contributed by atoms with Crippen LogP contribution < -0.4 is 25.8 Å². The van der Waals surface area contributed by atoms with Crippen molar-refractivity contribution in [1.82, 2.24) is 15.3 Å². The molecule has 3 aromatic rings. The lowest BCUT2D eigenvalue weighted by atomic mass is 10.1. The average Bonchev–Trinajstić information content (AvgIpc) is 3.20. The number of carbonyl (C=O) groups is 1. The Balaban J connectivity index is 1.57. The molecule has 2 aliphatic rings. The lowest BCUT2D eigenvalue weighted by Gasteiger charge is -2.17. The number of nitrogens with two attached hydrogens (primary N) is 1. The van der Waals surface area contributed by atoms with E-state index in [4.69, 9.17) is 15.2 Å². The third-order valence-electron chi connectivity index (χ3n) is 5.21. The number of anilines is 2. The maximum Gasteiger partial charge on any atom is 0.278 e. The monoisotopic (exact) mass is 403 g/mol. The van der Waals surface area contributed by atoms with E-state index in [0.717, 1.165) is 24.3 Å². The number of hydrogen-bond donors (Lipinski definition) is 3. The predicted octanol–water partition coefficient (Wildman–Crippen LogP) is 2.48. The fraction of sp³-hybridized carbons (Fsp3) is 0.227. The van der Waals surface area contributed by atoms with E-state index in [9.17, 15) is 4.79 Å². The normalized spacial score (nSPS) is 20.5.